The molecule has 3 N–H and O–H groups in total. The lowest BCUT2D eigenvalue weighted by atomic mass is 9.86. The number of nitrogens with two attached hydrogens (primary N) is 1. The standard InChI is InChI=1S/C12H22N2O4/c1-12(2,3)18-11(17)14-5-4-9(10(15)16)8(6-13)7-14/h8-9H,4-7,13H2,1-3H3,(H,15,16)/t8-,9-/m1/s1. The molecule has 0 aliphatic carbocycles. The highest BCUT2D eigenvalue weighted by Crippen LogP contribution is 2.24. The van der Waals surface area contributed by atoms with Crippen LogP contribution >= 0.6 is 0 Å². The van der Waals surface area contributed by atoms with E-state index in [9.17, 15) is 9.59 Å². The van der Waals surface area contributed by atoms with Gasteiger partial charge < -0.3 is 20.5 Å². The van der Waals surface area contributed by atoms with E-state index in [1.165, 1.54) is 0 Å². The molecule has 0 aromatic heterocycles. The van der Waals surface area contributed by atoms with Crippen molar-refractivity contribution in [3.63, 3.8) is 0 Å². The molecule has 1 aliphatic rings. The molecule has 0 unspecified atom stereocenters. The molecule has 0 aromatic rings. The van der Waals surface area contributed by atoms with Crippen LogP contribution < -0.4 is 5.73 Å². The number of carbonyl (C=O) groups is 2. The van der Waals surface area contributed by atoms with Crippen molar-refractivity contribution in [2.75, 3.05) is 19.6 Å². The van der Waals surface area contributed by atoms with Gasteiger partial charge in [0.05, 0.1) is 5.92 Å². The molecule has 0 radical (unpaired) electrons. The van der Waals surface area contributed by atoms with Crippen molar-refractivity contribution >= 4 is 12.1 Å². The van der Waals surface area contributed by atoms with E-state index >= 15 is 0 Å². The van der Waals surface area contributed by atoms with Gasteiger partial charge in [-0.3, -0.25) is 4.79 Å². The normalized spacial score (nSPS) is 24.8. The van der Waals surface area contributed by atoms with Gasteiger partial charge in [0.25, 0.3) is 0 Å². The maximum absolute atomic E-state index is 11.9. The highest BCUT2D eigenvalue weighted by molar-refractivity contribution is 5.72. The van der Waals surface area contributed by atoms with Crippen molar-refractivity contribution in [2.45, 2.75) is 32.8 Å². The molecule has 1 amide bonds. The summed E-state index contributed by atoms with van der Waals surface area (Å²) in [4.78, 5) is 24.4. The first-order valence-corrected chi connectivity index (χ1v) is 6.15. The molecule has 1 saturated heterocycles. The number of aliphatic carboxylic acids is 1. The summed E-state index contributed by atoms with van der Waals surface area (Å²) in [5.41, 5.74) is 5.04. The highest BCUT2D eigenvalue weighted by atomic mass is 16.6. The zero-order valence-electron chi connectivity index (χ0n) is 11.2. The Bertz CT molecular complexity index is 325. The molecule has 18 heavy (non-hydrogen) atoms. The van der Waals surface area contributed by atoms with Crippen LogP contribution in [0, 0.1) is 11.8 Å². The van der Waals surface area contributed by atoms with Gasteiger partial charge in [-0.05, 0) is 33.7 Å². The predicted molar refractivity (Wildman–Crippen MR) is 66.1 cm³/mol. The van der Waals surface area contributed by atoms with E-state index in [1.54, 1.807) is 25.7 Å². The number of ether oxygens (including phenoxy) is 1. The molecule has 1 rings (SSSR count). The second-order valence-electron chi connectivity index (χ2n) is 5.66. The van der Waals surface area contributed by atoms with Crippen LogP contribution in [0.5, 0.6) is 0 Å². The smallest absolute Gasteiger partial charge is 0.410 e. The lowest BCUT2D eigenvalue weighted by molar-refractivity contribution is -0.145. The number of carboxylic acids is 1. The van der Waals surface area contributed by atoms with Gasteiger partial charge in [-0.2, -0.15) is 0 Å². The van der Waals surface area contributed by atoms with Crippen LogP contribution in [-0.2, 0) is 9.53 Å². The summed E-state index contributed by atoms with van der Waals surface area (Å²) in [6.07, 6.45) is 0.0287. The molecule has 6 heteroatoms. The average molecular weight is 258 g/mol. The summed E-state index contributed by atoms with van der Waals surface area (Å²) in [6, 6.07) is 0. The Morgan fingerprint density at radius 2 is 2.06 bits per heavy atom. The molecular formula is C12H22N2O4. The highest BCUT2D eigenvalue weighted by Gasteiger charge is 2.36. The van der Waals surface area contributed by atoms with Crippen LogP contribution in [0.15, 0.2) is 0 Å². The number of nitrogens with zero attached hydrogens (tertiary/aromatic N) is 1. The summed E-state index contributed by atoms with van der Waals surface area (Å²) in [6.45, 7) is 6.42. The van der Waals surface area contributed by atoms with Gasteiger partial charge in [0.15, 0.2) is 0 Å². The minimum Gasteiger partial charge on any atom is -0.481 e. The van der Waals surface area contributed by atoms with Gasteiger partial charge in [0, 0.05) is 19.0 Å². The number of carboxylic acid groups (broad SMARTS) is 1. The molecule has 6 nitrogen and oxygen atoms in total. The Kier molecular flexibility index (Phi) is 4.56. The van der Waals surface area contributed by atoms with E-state index < -0.39 is 23.6 Å². The number of hydrogen-bond acceptors (Lipinski definition) is 4. The van der Waals surface area contributed by atoms with Gasteiger partial charge in [0.1, 0.15) is 5.60 Å². The number of carbonyl (C=O) groups excluding carboxylic acids is 1. The molecular weight excluding hydrogens is 236 g/mol. The molecule has 104 valence electrons. The van der Waals surface area contributed by atoms with Crippen molar-refractivity contribution < 1.29 is 19.4 Å². The largest absolute Gasteiger partial charge is 0.481 e. The minimum atomic E-state index is -0.839. The van der Waals surface area contributed by atoms with Crippen molar-refractivity contribution in [3.8, 4) is 0 Å². The van der Waals surface area contributed by atoms with E-state index in [-0.39, 0.29) is 12.5 Å². The number of amides is 1. The fraction of sp³-hybridized carbons (Fsp3) is 0.833. The topological polar surface area (TPSA) is 92.9 Å². The number of piperidine rings is 1. The maximum Gasteiger partial charge on any atom is 0.410 e. The zero-order chi connectivity index (χ0) is 13.9. The van der Waals surface area contributed by atoms with Gasteiger partial charge in [0.2, 0.25) is 0 Å². The molecule has 0 spiro atoms. The fourth-order valence-corrected chi connectivity index (χ4v) is 2.09. The summed E-state index contributed by atoms with van der Waals surface area (Å²) in [5.74, 6) is -1.51. The van der Waals surface area contributed by atoms with Crippen molar-refractivity contribution in [1.82, 2.24) is 4.90 Å². The van der Waals surface area contributed by atoms with Gasteiger partial charge in [-0.25, -0.2) is 4.79 Å². The van der Waals surface area contributed by atoms with E-state index in [0.717, 1.165) is 0 Å². The number of rotatable bonds is 2. The first-order valence-electron chi connectivity index (χ1n) is 6.15. The third-order valence-electron chi connectivity index (χ3n) is 3.01. The Labute approximate surface area is 107 Å². The van der Waals surface area contributed by atoms with Gasteiger partial charge in [-0.15, -0.1) is 0 Å². The molecule has 1 fully saturated rings. The van der Waals surface area contributed by atoms with E-state index in [4.69, 9.17) is 15.6 Å². The first kappa shape index (κ1) is 14.8. The van der Waals surface area contributed by atoms with E-state index in [1.807, 2.05) is 0 Å². The summed E-state index contributed by atoms with van der Waals surface area (Å²) in [7, 11) is 0. The zero-order valence-corrected chi connectivity index (χ0v) is 11.2. The lowest BCUT2D eigenvalue weighted by Gasteiger charge is -2.36. The first-order chi connectivity index (χ1) is 8.24. The molecule has 0 aromatic carbocycles. The maximum atomic E-state index is 11.9. The van der Waals surface area contributed by atoms with E-state index in [0.29, 0.717) is 19.5 Å². The molecule has 1 heterocycles. The van der Waals surface area contributed by atoms with Crippen molar-refractivity contribution in [1.29, 1.82) is 0 Å². The quantitative estimate of drug-likeness (QED) is 0.767. The van der Waals surface area contributed by atoms with Gasteiger partial charge in [-0.1, -0.05) is 0 Å². The monoisotopic (exact) mass is 258 g/mol. The van der Waals surface area contributed by atoms with Crippen LogP contribution in [0.2, 0.25) is 0 Å². The third-order valence-corrected chi connectivity index (χ3v) is 3.01. The summed E-state index contributed by atoms with van der Waals surface area (Å²) < 4.78 is 5.26. The van der Waals surface area contributed by atoms with Crippen LogP contribution in [0.4, 0.5) is 4.79 Å². The third kappa shape index (κ3) is 3.87. The van der Waals surface area contributed by atoms with Crippen LogP contribution in [0.3, 0.4) is 0 Å². The predicted octanol–water partition coefficient (Wildman–Crippen LogP) is 0.903. The number of likely N-dealkylation sites (tertiary alicyclic amines) is 1. The lowest BCUT2D eigenvalue weighted by Crippen LogP contribution is -2.49. The van der Waals surface area contributed by atoms with Crippen molar-refractivity contribution in [2.24, 2.45) is 17.6 Å². The molecule has 2 atom stereocenters. The second-order valence-corrected chi connectivity index (χ2v) is 5.66. The average Bonchev–Trinajstić information content (AvgIpc) is 2.25. The Hall–Kier alpha value is -1.30. The Morgan fingerprint density at radius 3 is 2.50 bits per heavy atom. The van der Waals surface area contributed by atoms with Crippen LogP contribution in [0.1, 0.15) is 27.2 Å². The molecule has 0 saturated carbocycles. The fourth-order valence-electron chi connectivity index (χ4n) is 2.09. The van der Waals surface area contributed by atoms with Crippen LogP contribution in [0.25, 0.3) is 0 Å². The van der Waals surface area contributed by atoms with Crippen LogP contribution in [-0.4, -0.2) is 47.3 Å². The SMILES string of the molecule is CC(C)(C)OC(=O)N1CC[C@@H](C(=O)O)[C@H](CN)C1. The van der Waals surface area contributed by atoms with Gasteiger partial charge >= 0.3 is 12.1 Å². The summed E-state index contributed by atoms with van der Waals surface area (Å²) in [5, 5.41) is 9.06. The Balaban J connectivity index is 2.62. The second kappa shape index (κ2) is 5.56. The number of hydrogen-bond donors (Lipinski definition) is 2. The Morgan fingerprint density at radius 1 is 1.44 bits per heavy atom. The molecule has 0 bridgehead atoms. The van der Waals surface area contributed by atoms with E-state index in [2.05, 4.69) is 0 Å². The van der Waals surface area contributed by atoms with Crippen molar-refractivity contribution in [3.05, 3.63) is 0 Å². The summed E-state index contributed by atoms with van der Waals surface area (Å²) >= 11 is 0. The molecule has 1 aliphatic heterocycles. The minimum absolute atomic E-state index is 0.205.